The van der Waals surface area contributed by atoms with Gasteiger partial charge in [0, 0.05) is 11.5 Å². The van der Waals surface area contributed by atoms with Crippen LogP contribution in [0.1, 0.15) is 30.6 Å². The number of anilines is 1. The Labute approximate surface area is 157 Å². The molecule has 0 bridgehead atoms. The third kappa shape index (κ3) is 4.11. The van der Waals surface area contributed by atoms with Crippen molar-refractivity contribution in [2.45, 2.75) is 25.7 Å². The van der Waals surface area contributed by atoms with Crippen molar-refractivity contribution in [1.82, 2.24) is 4.98 Å². The number of nitrogens with zero attached hydrogens (tertiary/aromatic N) is 2. The van der Waals surface area contributed by atoms with Gasteiger partial charge in [-0.25, -0.2) is 13.8 Å². The van der Waals surface area contributed by atoms with Crippen molar-refractivity contribution in [2.24, 2.45) is 11.8 Å². The minimum absolute atomic E-state index is 0.156. The molecule has 6 nitrogen and oxygen atoms in total. The van der Waals surface area contributed by atoms with Crippen LogP contribution in [0.5, 0.6) is 0 Å². The minimum Gasteiger partial charge on any atom is -0.481 e. The molecule has 2 N–H and O–H groups in total. The maximum atomic E-state index is 13.5. The number of thiazole rings is 1. The Balaban J connectivity index is 1.79. The molecule has 2 aromatic rings. The maximum Gasteiger partial charge on any atom is 0.306 e. The number of halogens is 2. The monoisotopic (exact) mass is 391 g/mol. The SMILES string of the molecule is N#Cc1sc(NC(=O)[C@H]2CCC[C@@H](C(=O)O)C2)nc1-c1ccc(F)c(F)c1. The van der Waals surface area contributed by atoms with Gasteiger partial charge in [-0.3, -0.25) is 9.59 Å². The number of aromatic nitrogens is 1. The molecule has 1 heterocycles. The van der Waals surface area contributed by atoms with E-state index in [1.54, 1.807) is 0 Å². The number of benzene rings is 1. The van der Waals surface area contributed by atoms with E-state index in [4.69, 9.17) is 5.11 Å². The molecule has 27 heavy (non-hydrogen) atoms. The molecule has 2 atom stereocenters. The van der Waals surface area contributed by atoms with Gasteiger partial charge in [-0.05, 0) is 37.5 Å². The number of aliphatic carboxylic acids is 1. The molecule has 0 saturated heterocycles. The van der Waals surface area contributed by atoms with Gasteiger partial charge >= 0.3 is 5.97 Å². The fourth-order valence-corrected chi connectivity index (χ4v) is 3.94. The zero-order valence-corrected chi connectivity index (χ0v) is 14.9. The number of nitriles is 1. The molecule has 1 amide bonds. The first-order valence-corrected chi connectivity index (χ1v) is 9.10. The van der Waals surface area contributed by atoms with Crippen LogP contribution in [0.3, 0.4) is 0 Å². The van der Waals surface area contributed by atoms with Crippen LogP contribution < -0.4 is 5.32 Å². The van der Waals surface area contributed by atoms with Gasteiger partial charge in [0.25, 0.3) is 0 Å². The predicted octanol–water partition coefficient (Wildman–Crippen LogP) is 3.79. The van der Waals surface area contributed by atoms with Gasteiger partial charge in [0.15, 0.2) is 16.8 Å². The molecule has 1 fully saturated rings. The van der Waals surface area contributed by atoms with Crippen LogP contribution in [0.2, 0.25) is 0 Å². The summed E-state index contributed by atoms with van der Waals surface area (Å²) in [6.45, 7) is 0. The number of carboxylic acids is 1. The number of carbonyl (C=O) groups excluding carboxylic acids is 1. The Kier molecular flexibility index (Phi) is 5.46. The summed E-state index contributed by atoms with van der Waals surface area (Å²) in [7, 11) is 0. The van der Waals surface area contributed by atoms with E-state index < -0.39 is 29.4 Å². The van der Waals surface area contributed by atoms with Crippen LogP contribution in [-0.4, -0.2) is 22.0 Å². The van der Waals surface area contributed by atoms with Gasteiger partial charge in [0.2, 0.25) is 5.91 Å². The van der Waals surface area contributed by atoms with Gasteiger partial charge in [-0.15, -0.1) is 0 Å². The van der Waals surface area contributed by atoms with Crippen molar-refractivity contribution < 1.29 is 23.5 Å². The lowest BCUT2D eigenvalue weighted by atomic mass is 9.81. The van der Waals surface area contributed by atoms with Crippen molar-refractivity contribution in [3.63, 3.8) is 0 Å². The van der Waals surface area contributed by atoms with Gasteiger partial charge in [0.1, 0.15) is 16.6 Å². The number of nitrogens with one attached hydrogen (secondary N) is 1. The van der Waals surface area contributed by atoms with Crippen LogP contribution in [0, 0.1) is 34.8 Å². The van der Waals surface area contributed by atoms with Gasteiger partial charge < -0.3 is 10.4 Å². The highest BCUT2D eigenvalue weighted by molar-refractivity contribution is 7.16. The van der Waals surface area contributed by atoms with E-state index in [1.165, 1.54) is 6.07 Å². The fourth-order valence-electron chi connectivity index (χ4n) is 3.15. The van der Waals surface area contributed by atoms with Crippen LogP contribution in [0.25, 0.3) is 11.3 Å². The van der Waals surface area contributed by atoms with Gasteiger partial charge in [-0.2, -0.15) is 5.26 Å². The van der Waals surface area contributed by atoms with E-state index in [-0.39, 0.29) is 33.6 Å². The molecule has 3 rings (SSSR count). The summed E-state index contributed by atoms with van der Waals surface area (Å²) >= 11 is 0.927. The van der Waals surface area contributed by atoms with Crippen molar-refractivity contribution in [1.29, 1.82) is 5.26 Å². The van der Waals surface area contributed by atoms with Crippen molar-refractivity contribution >= 4 is 28.3 Å². The molecule has 140 valence electrons. The van der Waals surface area contributed by atoms with Crippen LogP contribution in [0.4, 0.5) is 13.9 Å². The molecular formula is C18H15F2N3O3S. The predicted molar refractivity (Wildman–Crippen MR) is 93.9 cm³/mol. The largest absolute Gasteiger partial charge is 0.481 e. The van der Waals surface area contributed by atoms with Crippen molar-refractivity contribution in [3.8, 4) is 17.3 Å². The summed E-state index contributed by atoms with van der Waals surface area (Å²) in [5.41, 5.74) is 0.384. The first-order valence-electron chi connectivity index (χ1n) is 8.29. The fraction of sp³-hybridized carbons (Fsp3) is 0.333. The smallest absolute Gasteiger partial charge is 0.306 e. The molecule has 9 heteroatoms. The standard InChI is InChI=1S/C18H15F2N3O3S/c19-12-5-4-9(7-13(12)20)15-14(8-21)27-18(22-15)23-16(24)10-2-1-3-11(6-10)17(25)26/h4-5,7,10-11H,1-3,6H2,(H,25,26)(H,22,23,24)/t10-,11+/m0/s1. The number of amides is 1. The molecule has 1 aromatic carbocycles. The topological polar surface area (TPSA) is 103 Å². The van der Waals surface area contributed by atoms with E-state index >= 15 is 0 Å². The molecule has 0 aliphatic heterocycles. The van der Waals surface area contributed by atoms with Crippen molar-refractivity contribution in [2.75, 3.05) is 5.32 Å². The summed E-state index contributed by atoms with van der Waals surface area (Å²) in [4.78, 5) is 27.9. The lowest BCUT2D eigenvalue weighted by Gasteiger charge is -2.25. The molecule has 1 saturated carbocycles. The summed E-state index contributed by atoms with van der Waals surface area (Å²) in [5.74, 6) is -4.31. The Bertz CT molecular complexity index is 938. The summed E-state index contributed by atoms with van der Waals surface area (Å²) in [6, 6.07) is 5.12. The molecule has 1 aliphatic rings. The number of carbonyl (C=O) groups is 2. The first-order chi connectivity index (χ1) is 12.9. The summed E-state index contributed by atoms with van der Waals surface area (Å²) < 4.78 is 26.6. The summed E-state index contributed by atoms with van der Waals surface area (Å²) in [6.07, 6.45) is 2.04. The lowest BCUT2D eigenvalue weighted by molar-refractivity contribution is -0.143. The third-order valence-corrected chi connectivity index (χ3v) is 5.42. The van der Waals surface area contributed by atoms with Gasteiger partial charge in [-0.1, -0.05) is 17.8 Å². The second-order valence-corrected chi connectivity index (χ2v) is 7.32. The van der Waals surface area contributed by atoms with E-state index in [2.05, 4.69) is 10.3 Å². The molecule has 1 aromatic heterocycles. The zero-order chi connectivity index (χ0) is 19.6. The number of hydrogen-bond donors (Lipinski definition) is 2. The molecule has 0 unspecified atom stereocenters. The van der Waals surface area contributed by atoms with Gasteiger partial charge in [0.05, 0.1) is 5.92 Å². The van der Waals surface area contributed by atoms with E-state index in [1.807, 2.05) is 6.07 Å². The lowest BCUT2D eigenvalue weighted by Crippen LogP contribution is -2.30. The number of rotatable bonds is 4. The Morgan fingerprint density at radius 2 is 2.00 bits per heavy atom. The average molecular weight is 391 g/mol. The molecular weight excluding hydrogens is 376 g/mol. The normalized spacial score (nSPS) is 19.3. The first kappa shape index (κ1) is 18.9. The molecule has 0 spiro atoms. The third-order valence-electron chi connectivity index (χ3n) is 4.55. The number of hydrogen-bond acceptors (Lipinski definition) is 5. The highest BCUT2D eigenvalue weighted by Crippen LogP contribution is 2.33. The zero-order valence-electron chi connectivity index (χ0n) is 14.0. The average Bonchev–Trinajstić information content (AvgIpc) is 3.06. The highest BCUT2D eigenvalue weighted by atomic mass is 32.1. The second-order valence-electron chi connectivity index (χ2n) is 6.33. The van der Waals surface area contributed by atoms with E-state index in [9.17, 15) is 23.6 Å². The Morgan fingerprint density at radius 1 is 1.26 bits per heavy atom. The highest BCUT2D eigenvalue weighted by Gasteiger charge is 2.31. The second kappa shape index (κ2) is 7.80. The number of carboxylic acid groups (broad SMARTS) is 1. The molecule has 1 aliphatic carbocycles. The summed E-state index contributed by atoms with van der Waals surface area (Å²) in [5, 5.41) is 21.2. The van der Waals surface area contributed by atoms with Crippen molar-refractivity contribution in [3.05, 3.63) is 34.7 Å². The Morgan fingerprint density at radius 3 is 2.67 bits per heavy atom. The van der Waals surface area contributed by atoms with E-state index in [0.717, 1.165) is 23.5 Å². The minimum atomic E-state index is -1.06. The van der Waals surface area contributed by atoms with Crippen LogP contribution in [-0.2, 0) is 9.59 Å². The quantitative estimate of drug-likeness (QED) is 0.825. The maximum absolute atomic E-state index is 13.5. The van der Waals surface area contributed by atoms with Crippen LogP contribution >= 0.6 is 11.3 Å². The van der Waals surface area contributed by atoms with E-state index in [0.29, 0.717) is 19.3 Å². The Hall–Kier alpha value is -2.86. The molecule has 0 radical (unpaired) electrons. The van der Waals surface area contributed by atoms with Crippen LogP contribution in [0.15, 0.2) is 18.2 Å².